The number of fused-ring (bicyclic) bond motifs is 1. The summed E-state index contributed by atoms with van der Waals surface area (Å²) in [5.41, 5.74) is 7.05. The second-order valence-electron chi connectivity index (χ2n) is 10.6. The molecule has 1 aromatic carbocycles. The van der Waals surface area contributed by atoms with Gasteiger partial charge in [-0.1, -0.05) is 24.3 Å². The number of morpholine rings is 1. The summed E-state index contributed by atoms with van der Waals surface area (Å²) in [7, 11) is 0. The highest BCUT2D eigenvalue weighted by Gasteiger charge is 2.20. The summed E-state index contributed by atoms with van der Waals surface area (Å²) in [6.45, 7) is 10.3. The molecule has 0 radical (unpaired) electrons. The van der Waals surface area contributed by atoms with Crippen molar-refractivity contribution in [1.82, 2.24) is 30.3 Å². The van der Waals surface area contributed by atoms with Gasteiger partial charge in [-0.25, -0.2) is 0 Å². The third kappa shape index (κ3) is 6.18. The summed E-state index contributed by atoms with van der Waals surface area (Å²) < 4.78 is 5.44. The van der Waals surface area contributed by atoms with E-state index in [1.165, 1.54) is 49.0 Å². The van der Waals surface area contributed by atoms with Gasteiger partial charge in [-0.15, -0.1) is 0 Å². The van der Waals surface area contributed by atoms with Crippen LogP contribution in [0.1, 0.15) is 41.8 Å². The van der Waals surface area contributed by atoms with Gasteiger partial charge >= 0.3 is 0 Å². The molecule has 1 unspecified atom stereocenters. The number of nitrogens with one attached hydrogen (secondary N) is 2. The lowest BCUT2D eigenvalue weighted by Gasteiger charge is -2.32. The van der Waals surface area contributed by atoms with Gasteiger partial charge in [0.1, 0.15) is 0 Å². The fourth-order valence-corrected chi connectivity index (χ4v) is 5.73. The van der Waals surface area contributed by atoms with Crippen molar-refractivity contribution in [1.29, 1.82) is 0 Å². The monoisotopic (exact) mass is 498 g/mol. The molecule has 2 N–H and O–H groups in total. The van der Waals surface area contributed by atoms with Crippen LogP contribution in [0.3, 0.4) is 0 Å². The number of benzene rings is 1. The predicted octanol–water partition coefficient (Wildman–Crippen LogP) is 4.05. The molecule has 2 saturated heterocycles. The van der Waals surface area contributed by atoms with Crippen molar-refractivity contribution in [2.75, 3.05) is 59.0 Å². The zero-order valence-electron chi connectivity index (χ0n) is 21.7. The van der Waals surface area contributed by atoms with E-state index < -0.39 is 0 Å². The summed E-state index contributed by atoms with van der Waals surface area (Å²) in [6.07, 6.45) is 12.3. The summed E-state index contributed by atoms with van der Waals surface area (Å²) in [5, 5.41) is 12.4. The van der Waals surface area contributed by atoms with E-state index in [1.54, 1.807) is 0 Å². The molecule has 1 atom stereocenters. The van der Waals surface area contributed by atoms with E-state index in [1.807, 2.05) is 6.20 Å². The first-order valence-electron chi connectivity index (χ1n) is 13.8. The van der Waals surface area contributed by atoms with Gasteiger partial charge in [0.25, 0.3) is 0 Å². The SMILES string of the molecule is C1=C(c2ccc3[nH]nc(/C=C/c4ccc(CN5CCOCC5)nc4)c3c2)CCC(CN2CCNCC2)C1. The van der Waals surface area contributed by atoms with Crippen molar-refractivity contribution in [3.8, 4) is 0 Å². The Hall–Kier alpha value is -2.84. The Kier molecular flexibility index (Phi) is 7.74. The third-order valence-corrected chi connectivity index (χ3v) is 7.98. The van der Waals surface area contributed by atoms with Gasteiger partial charge in [0, 0.05) is 63.9 Å². The standard InChI is InChI=1S/C30H38N6O/c1-5-25(6-2-24(1)21-35-13-11-31-12-14-35)26-7-10-30-28(19-26)29(33-34-30)9-4-23-3-8-27(32-20-23)22-36-15-17-37-18-16-36/h3-5,7-10,19-20,24,31H,1-2,6,11-18,21-22H2,(H,33,34)/b9-4+. The fourth-order valence-electron chi connectivity index (χ4n) is 5.73. The molecule has 3 aliphatic rings. The second kappa shape index (κ2) is 11.7. The number of hydrogen-bond acceptors (Lipinski definition) is 6. The highest BCUT2D eigenvalue weighted by Crippen LogP contribution is 2.32. The van der Waals surface area contributed by atoms with Crippen molar-refractivity contribution < 1.29 is 4.74 Å². The largest absolute Gasteiger partial charge is 0.379 e. The zero-order chi connectivity index (χ0) is 24.9. The van der Waals surface area contributed by atoms with E-state index in [4.69, 9.17) is 4.74 Å². The number of H-pyrrole nitrogens is 1. The topological polar surface area (TPSA) is 69.3 Å². The summed E-state index contributed by atoms with van der Waals surface area (Å²) in [5.74, 6) is 0.784. The molecule has 0 saturated carbocycles. The maximum absolute atomic E-state index is 5.44. The lowest BCUT2D eigenvalue weighted by Crippen LogP contribution is -2.45. The van der Waals surface area contributed by atoms with E-state index in [0.717, 1.165) is 80.7 Å². The molecule has 7 nitrogen and oxygen atoms in total. The van der Waals surface area contributed by atoms with Gasteiger partial charge in [0.15, 0.2) is 0 Å². The molecule has 7 heteroatoms. The first-order valence-corrected chi connectivity index (χ1v) is 13.8. The lowest BCUT2D eigenvalue weighted by molar-refractivity contribution is 0.0336. The maximum atomic E-state index is 5.44. The average molecular weight is 499 g/mol. The summed E-state index contributed by atoms with van der Waals surface area (Å²) >= 11 is 0. The smallest absolute Gasteiger partial charge is 0.0927 e. The second-order valence-corrected chi connectivity index (χ2v) is 10.6. The molecule has 0 bridgehead atoms. The number of allylic oxidation sites excluding steroid dienone is 2. The number of nitrogens with zero attached hydrogens (tertiary/aromatic N) is 4. The first kappa shape index (κ1) is 24.5. The molecule has 1 aliphatic carbocycles. The molecule has 2 fully saturated rings. The molecule has 194 valence electrons. The Morgan fingerprint density at radius 2 is 1.89 bits per heavy atom. The average Bonchev–Trinajstić information content (AvgIpc) is 3.36. The number of ether oxygens (including phenoxy) is 1. The van der Waals surface area contributed by atoms with Crippen molar-refractivity contribution in [3.63, 3.8) is 0 Å². The third-order valence-electron chi connectivity index (χ3n) is 7.98. The molecular weight excluding hydrogens is 460 g/mol. The van der Waals surface area contributed by atoms with Crippen LogP contribution in [0.4, 0.5) is 0 Å². The number of piperazine rings is 1. The van der Waals surface area contributed by atoms with Crippen LogP contribution in [-0.2, 0) is 11.3 Å². The van der Waals surface area contributed by atoms with Gasteiger partial charge in [0.05, 0.1) is 30.1 Å². The summed E-state index contributed by atoms with van der Waals surface area (Å²) in [4.78, 5) is 9.70. The number of aromatic amines is 1. The predicted molar refractivity (Wildman–Crippen MR) is 150 cm³/mol. The lowest BCUT2D eigenvalue weighted by atomic mass is 9.86. The zero-order valence-corrected chi connectivity index (χ0v) is 21.7. The van der Waals surface area contributed by atoms with Crippen LogP contribution in [0.2, 0.25) is 0 Å². The normalized spacial score (nSPS) is 22.1. The highest BCUT2D eigenvalue weighted by atomic mass is 16.5. The van der Waals surface area contributed by atoms with Crippen LogP contribution in [0.5, 0.6) is 0 Å². The van der Waals surface area contributed by atoms with Gasteiger partial charge in [-0.3, -0.25) is 15.0 Å². The van der Waals surface area contributed by atoms with Gasteiger partial charge in [0.2, 0.25) is 0 Å². The molecule has 0 amide bonds. The molecule has 3 aromatic rings. The first-order chi connectivity index (χ1) is 18.3. The van der Waals surface area contributed by atoms with Crippen LogP contribution in [0.15, 0.2) is 42.6 Å². The van der Waals surface area contributed by atoms with Gasteiger partial charge in [-0.05, 0) is 66.2 Å². The van der Waals surface area contributed by atoms with E-state index in [-0.39, 0.29) is 0 Å². The minimum absolute atomic E-state index is 0.784. The Balaban J connectivity index is 1.10. The van der Waals surface area contributed by atoms with Crippen LogP contribution in [0.25, 0.3) is 28.6 Å². The Morgan fingerprint density at radius 3 is 2.68 bits per heavy atom. The van der Waals surface area contributed by atoms with Crippen molar-refractivity contribution in [2.24, 2.45) is 5.92 Å². The quantitative estimate of drug-likeness (QED) is 0.512. The van der Waals surface area contributed by atoms with E-state index in [0.29, 0.717) is 0 Å². The van der Waals surface area contributed by atoms with Crippen molar-refractivity contribution >= 4 is 28.6 Å². The van der Waals surface area contributed by atoms with E-state index in [9.17, 15) is 0 Å². The van der Waals surface area contributed by atoms with Crippen LogP contribution < -0.4 is 5.32 Å². The molecule has 2 aromatic heterocycles. The minimum Gasteiger partial charge on any atom is -0.379 e. The Labute approximate surface area is 219 Å². The minimum atomic E-state index is 0.784. The van der Waals surface area contributed by atoms with Gasteiger partial charge < -0.3 is 15.0 Å². The number of hydrogen-bond donors (Lipinski definition) is 2. The molecule has 4 heterocycles. The number of pyridine rings is 1. The Morgan fingerprint density at radius 1 is 1.00 bits per heavy atom. The van der Waals surface area contributed by atoms with Crippen LogP contribution in [-0.4, -0.2) is 84.0 Å². The molecule has 6 rings (SSSR count). The molecule has 2 aliphatic heterocycles. The fraction of sp³-hybridized carbons (Fsp3) is 0.467. The summed E-state index contributed by atoms with van der Waals surface area (Å²) in [6, 6.07) is 11.0. The maximum Gasteiger partial charge on any atom is 0.0927 e. The van der Waals surface area contributed by atoms with Crippen molar-refractivity contribution in [2.45, 2.75) is 25.8 Å². The van der Waals surface area contributed by atoms with Crippen LogP contribution >= 0.6 is 0 Å². The van der Waals surface area contributed by atoms with Crippen LogP contribution in [0, 0.1) is 5.92 Å². The molecular formula is C30H38N6O. The van der Waals surface area contributed by atoms with E-state index >= 15 is 0 Å². The molecule has 0 spiro atoms. The number of aromatic nitrogens is 3. The van der Waals surface area contributed by atoms with E-state index in [2.05, 4.69) is 78.9 Å². The van der Waals surface area contributed by atoms with Gasteiger partial charge in [-0.2, -0.15) is 5.10 Å². The number of rotatable bonds is 7. The van der Waals surface area contributed by atoms with Crippen molar-refractivity contribution in [3.05, 3.63) is 65.1 Å². The Bertz CT molecular complexity index is 1230. The molecule has 37 heavy (non-hydrogen) atoms. The highest BCUT2D eigenvalue weighted by molar-refractivity contribution is 5.91.